The summed E-state index contributed by atoms with van der Waals surface area (Å²) in [4.78, 5) is 46.1. The van der Waals surface area contributed by atoms with Gasteiger partial charge in [0.2, 0.25) is 5.91 Å². The lowest BCUT2D eigenvalue weighted by Gasteiger charge is -2.22. The second kappa shape index (κ2) is 8.83. The van der Waals surface area contributed by atoms with Crippen LogP contribution in [0.5, 0.6) is 0 Å². The van der Waals surface area contributed by atoms with Crippen LogP contribution in [0.25, 0.3) is 0 Å². The molecule has 0 saturated carbocycles. The van der Waals surface area contributed by atoms with Gasteiger partial charge in [0.25, 0.3) is 5.91 Å². The number of rotatable bonds is 7. The lowest BCUT2D eigenvalue weighted by Crippen LogP contribution is -2.43. The molecular formula is C15H28N2O6. The van der Waals surface area contributed by atoms with Crippen LogP contribution in [-0.2, 0) is 28.8 Å². The Morgan fingerprint density at radius 2 is 1.39 bits per heavy atom. The number of nitrogens with one attached hydrogen (secondary N) is 2. The molecule has 0 aliphatic carbocycles. The third-order valence-corrected chi connectivity index (χ3v) is 2.21. The zero-order valence-corrected chi connectivity index (χ0v) is 14.9. The van der Waals surface area contributed by atoms with E-state index in [1.165, 1.54) is 0 Å². The standard InChI is InChI=1S/C15H28N2O6/c1-8-21-13(20)10(12(19)17-23-15(5,6)7)9-11(18)16-22-14(2,3)4/h10H,8-9H2,1-7H3,(H,16,18)(H,17,19). The summed E-state index contributed by atoms with van der Waals surface area (Å²) in [5.41, 5.74) is 3.17. The summed E-state index contributed by atoms with van der Waals surface area (Å²) >= 11 is 0. The van der Waals surface area contributed by atoms with Gasteiger partial charge in [-0.3, -0.25) is 24.1 Å². The molecule has 0 spiro atoms. The van der Waals surface area contributed by atoms with Crippen molar-refractivity contribution in [2.45, 2.75) is 66.1 Å². The lowest BCUT2D eigenvalue weighted by molar-refractivity contribution is -0.165. The molecule has 0 heterocycles. The predicted molar refractivity (Wildman–Crippen MR) is 82.7 cm³/mol. The van der Waals surface area contributed by atoms with Crippen LogP contribution in [0, 0.1) is 5.92 Å². The van der Waals surface area contributed by atoms with Gasteiger partial charge in [-0.05, 0) is 48.5 Å². The lowest BCUT2D eigenvalue weighted by atomic mass is 10.1. The van der Waals surface area contributed by atoms with Crippen molar-refractivity contribution in [3.8, 4) is 0 Å². The predicted octanol–water partition coefficient (Wildman–Crippen LogP) is 1.25. The molecule has 0 bridgehead atoms. The molecule has 1 atom stereocenters. The zero-order valence-electron chi connectivity index (χ0n) is 14.9. The quantitative estimate of drug-likeness (QED) is 0.413. The second-order valence-electron chi connectivity index (χ2n) is 6.93. The van der Waals surface area contributed by atoms with Gasteiger partial charge < -0.3 is 4.74 Å². The Balaban J connectivity index is 4.78. The number of hydrogen-bond acceptors (Lipinski definition) is 6. The average Bonchev–Trinajstić information content (AvgIpc) is 2.38. The first-order chi connectivity index (χ1) is 10.4. The molecule has 0 aromatic heterocycles. The van der Waals surface area contributed by atoms with Crippen molar-refractivity contribution in [1.82, 2.24) is 11.0 Å². The summed E-state index contributed by atoms with van der Waals surface area (Å²) in [6.45, 7) is 12.2. The molecule has 0 aliphatic rings. The van der Waals surface area contributed by atoms with Crippen LogP contribution in [0.15, 0.2) is 0 Å². The first-order valence-electron chi connectivity index (χ1n) is 7.47. The summed E-state index contributed by atoms with van der Waals surface area (Å²) < 4.78 is 4.83. The first-order valence-corrected chi connectivity index (χ1v) is 7.47. The third kappa shape index (κ3) is 10.6. The third-order valence-electron chi connectivity index (χ3n) is 2.21. The number of hydrogen-bond donors (Lipinski definition) is 2. The zero-order chi connectivity index (χ0) is 18.3. The number of carbonyl (C=O) groups excluding carboxylic acids is 3. The van der Waals surface area contributed by atoms with Crippen LogP contribution < -0.4 is 11.0 Å². The monoisotopic (exact) mass is 332 g/mol. The SMILES string of the molecule is CCOC(=O)C(CC(=O)NOC(C)(C)C)C(=O)NOC(C)(C)C. The topological polar surface area (TPSA) is 103 Å². The summed E-state index contributed by atoms with van der Waals surface area (Å²) in [5, 5.41) is 0. The summed E-state index contributed by atoms with van der Waals surface area (Å²) in [7, 11) is 0. The van der Waals surface area contributed by atoms with Gasteiger partial charge in [-0.1, -0.05) is 0 Å². The fourth-order valence-electron chi connectivity index (χ4n) is 1.24. The summed E-state index contributed by atoms with van der Waals surface area (Å²) in [5.74, 6) is -3.47. The van der Waals surface area contributed by atoms with E-state index in [-0.39, 0.29) is 6.61 Å². The molecule has 0 rings (SSSR count). The number of ether oxygens (including phenoxy) is 1. The van der Waals surface area contributed by atoms with E-state index < -0.39 is 41.3 Å². The van der Waals surface area contributed by atoms with Gasteiger partial charge in [0.05, 0.1) is 24.2 Å². The molecule has 2 N–H and O–H groups in total. The van der Waals surface area contributed by atoms with Crippen molar-refractivity contribution in [1.29, 1.82) is 0 Å². The van der Waals surface area contributed by atoms with Crippen LogP contribution in [0.4, 0.5) is 0 Å². The van der Waals surface area contributed by atoms with Gasteiger partial charge in [-0.2, -0.15) is 0 Å². The van der Waals surface area contributed by atoms with Crippen molar-refractivity contribution in [2.75, 3.05) is 6.61 Å². The fourth-order valence-corrected chi connectivity index (χ4v) is 1.24. The van der Waals surface area contributed by atoms with Gasteiger partial charge in [0.15, 0.2) is 0 Å². The van der Waals surface area contributed by atoms with Gasteiger partial charge in [-0.25, -0.2) is 11.0 Å². The minimum Gasteiger partial charge on any atom is -0.465 e. The Hall–Kier alpha value is -1.67. The molecule has 134 valence electrons. The van der Waals surface area contributed by atoms with Crippen molar-refractivity contribution in [2.24, 2.45) is 5.92 Å². The highest BCUT2D eigenvalue weighted by atomic mass is 16.7. The van der Waals surface area contributed by atoms with Crippen LogP contribution in [0.2, 0.25) is 0 Å². The molecule has 0 aromatic rings. The van der Waals surface area contributed by atoms with E-state index >= 15 is 0 Å². The largest absolute Gasteiger partial charge is 0.465 e. The smallest absolute Gasteiger partial charge is 0.319 e. The van der Waals surface area contributed by atoms with E-state index in [9.17, 15) is 14.4 Å². The molecule has 0 fully saturated rings. The first kappa shape index (κ1) is 21.3. The Labute approximate surface area is 137 Å². The van der Waals surface area contributed by atoms with E-state index in [0.29, 0.717) is 0 Å². The van der Waals surface area contributed by atoms with Crippen molar-refractivity contribution in [3.05, 3.63) is 0 Å². The molecule has 0 saturated heterocycles. The molecule has 8 nitrogen and oxygen atoms in total. The highest BCUT2D eigenvalue weighted by molar-refractivity contribution is 6.00. The van der Waals surface area contributed by atoms with E-state index in [4.69, 9.17) is 14.4 Å². The van der Waals surface area contributed by atoms with Crippen LogP contribution >= 0.6 is 0 Å². The van der Waals surface area contributed by atoms with Crippen LogP contribution in [-0.4, -0.2) is 35.6 Å². The average molecular weight is 332 g/mol. The molecule has 0 aromatic carbocycles. The number of carbonyl (C=O) groups is 3. The van der Waals surface area contributed by atoms with Crippen molar-refractivity contribution in [3.63, 3.8) is 0 Å². The van der Waals surface area contributed by atoms with E-state index in [2.05, 4.69) is 11.0 Å². The molecule has 8 heteroatoms. The Bertz CT molecular complexity index is 423. The minimum atomic E-state index is -1.32. The number of hydroxylamine groups is 2. The molecule has 1 unspecified atom stereocenters. The van der Waals surface area contributed by atoms with Gasteiger partial charge in [0.1, 0.15) is 5.92 Å². The van der Waals surface area contributed by atoms with Crippen LogP contribution in [0.1, 0.15) is 54.9 Å². The Morgan fingerprint density at radius 1 is 0.913 bits per heavy atom. The van der Waals surface area contributed by atoms with Gasteiger partial charge in [-0.15, -0.1) is 0 Å². The number of amides is 2. The molecule has 2 amide bonds. The maximum atomic E-state index is 12.1. The number of esters is 1. The van der Waals surface area contributed by atoms with E-state index in [1.807, 2.05) is 0 Å². The minimum absolute atomic E-state index is 0.100. The molecular weight excluding hydrogens is 304 g/mol. The Morgan fingerprint density at radius 3 is 1.83 bits per heavy atom. The highest BCUT2D eigenvalue weighted by Crippen LogP contribution is 2.11. The normalized spacial score (nSPS) is 13.2. The van der Waals surface area contributed by atoms with Gasteiger partial charge >= 0.3 is 5.97 Å². The van der Waals surface area contributed by atoms with Crippen LogP contribution in [0.3, 0.4) is 0 Å². The van der Waals surface area contributed by atoms with Gasteiger partial charge in [0, 0.05) is 0 Å². The van der Waals surface area contributed by atoms with Crippen molar-refractivity contribution >= 4 is 17.8 Å². The second-order valence-corrected chi connectivity index (χ2v) is 6.93. The Kier molecular flexibility index (Phi) is 8.19. The summed E-state index contributed by atoms with van der Waals surface area (Å²) in [6, 6.07) is 0. The maximum Gasteiger partial charge on any atom is 0.319 e. The van der Waals surface area contributed by atoms with Crippen molar-refractivity contribution < 1.29 is 28.8 Å². The maximum absolute atomic E-state index is 12.1. The molecule has 0 radical (unpaired) electrons. The van der Waals surface area contributed by atoms with E-state index in [1.54, 1.807) is 48.5 Å². The fraction of sp³-hybridized carbons (Fsp3) is 0.800. The molecule has 0 aliphatic heterocycles. The molecule has 23 heavy (non-hydrogen) atoms. The summed E-state index contributed by atoms with van der Waals surface area (Å²) in [6.07, 6.45) is -0.408. The van der Waals surface area contributed by atoms with E-state index in [0.717, 1.165) is 0 Å². The highest BCUT2D eigenvalue weighted by Gasteiger charge is 2.32.